The van der Waals surface area contributed by atoms with Crippen LogP contribution < -0.4 is 0 Å². The minimum Gasteiger partial charge on any atom is -0.481 e. The molecule has 4 nitrogen and oxygen atoms in total. The topological polar surface area (TPSA) is 63.1 Å². The lowest BCUT2D eigenvalue weighted by Gasteiger charge is -1.93. The van der Waals surface area contributed by atoms with E-state index >= 15 is 0 Å². The second kappa shape index (κ2) is 3.65. The Morgan fingerprint density at radius 3 is 2.91 bits per heavy atom. The highest BCUT2D eigenvalue weighted by molar-refractivity contribution is 5.66. The first-order valence-electron chi connectivity index (χ1n) is 3.26. The van der Waals surface area contributed by atoms with E-state index < -0.39 is 5.97 Å². The van der Waals surface area contributed by atoms with E-state index in [0.717, 1.165) is 5.69 Å². The Balaban J connectivity index is 2.45. The van der Waals surface area contributed by atoms with Gasteiger partial charge in [0, 0.05) is 25.0 Å². The number of carboxylic acid groups (broad SMARTS) is 1. The Morgan fingerprint density at radius 2 is 2.36 bits per heavy atom. The molecule has 11 heavy (non-hydrogen) atoms. The summed E-state index contributed by atoms with van der Waals surface area (Å²) in [5, 5.41) is 8.33. The number of carboxylic acids is 1. The van der Waals surface area contributed by atoms with Crippen molar-refractivity contribution in [2.24, 2.45) is 0 Å². The van der Waals surface area contributed by atoms with Gasteiger partial charge in [-0.1, -0.05) is 0 Å². The SMILES string of the molecule is O=C(O)CCc1cnccn1. The molecular formula is C7H8N2O2. The molecule has 0 amide bonds. The first kappa shape index (κ1) is 7.65. The number of aromatic nitrogens is 2. The summed E-state index contributed by atoms with van der Waals surface area (Å²) in [7, 11) is 0. The fourth-order valence-electron chi connectivity index (χ4n) is 0.694. The lowest BCUT2D eigenvalue weighted by atomic mass is 10.2. The highest BCUT2D eigenvalue weighted by Crippen LogP contribution is 1.95. The van der Waals surface area contributed by atoms with Crippen molar-refractivity contribution in [1.29, 1.82) is 0 Å². The van der Waals surface area contributed by atoms with Gasteiger partial charge in [0.15, 0.2) is 0 Å². The molecule has 0 aliphatic rings. The summed E-state index contributed by atoms with van der Waals surface area (Å²) in [4.78, 5) is 17.9. The summed E-state index contributed by atoms with van der Waals surface area (Å²) in [5.74, 6) is -0.810. The third-order valence-corrected chi connectivity index (χ3v) is 1.21. The Kier molecular flexibility index (Phi) is 2.54. The third kappa shape index (κ3) is 2.75. The maximum Gasteiger partial charge on any atom is 0.303 e. The van der Waals surface area contributed by atoms with E-state index in [4.69, 9.17) is 5.11 Å². The van der Waals surface area contributed by atoms with E-state index in [2.05, 4.69) is 9.97 Å². The normalized spacial score (nSPS) is 9.45. The summed E-state index contributed by atoms with van der Waals surface area (Å²) in [6, 6.07) is 0. The molecule has 1 N–H and O–H groups in total. The van der Waals surface area contributed by atoms with E-state index in [0.29, 0.717) is 6.42 Å². The van der Waals surface area contributed by atoms with Crippen molar-refractivity contribution in [2.75, 3.05) is 0 Å². The molecule has 0 atom stereocenters. The largest absolute Gasteiger partial charge is 0.481 e. The second-order valence-electron chi connectivity index (χ2n) is 2.09. The molecule has 4 heteroatoms. The molecule has 58 valence electrons. The van der Waals surface area contributed by atoms with Crippen LogP contribution in [-0.4, -0.2) is 21.0 Å². The molecule has 0 aliphatic heterocycles. The van der Waals surface area contributed by atoms with E-state index in [-0.39, 0.29) is 6.42 Å². The van der Waals surface area contributed by atoms with Crippen LogP contribution in [0.2, 0.25) is 0 Å². The fourth-order valence-corrected chi connectivity index (χ4v) is 0.694. The minimum atomic E-state index is -0.810. The van der Waals surface area contributed by atoms with Gasteiger partial charge in [-0.3, -0.25) is 14.8 Å². The quantitative estimate of drug-likeness (QED) is 0.684. The lowest BCUT2D eigenvalue weighted by molar-refractivity contribution is -0.136. The monoisotopic (exact) mass is 152 g/mol. The van der Waals surface area contributed by atoms with E-state index in [9.17, 15) is 4.79 Å². The Bertz CT molecular complexity index is 235. The van der Waals surface area contributed by atoms with Gasteiger partial charge in [-0.25, -0.2) is 0 Å². The van der Waals surface area contributed by atoms with Crippen LogP contribution in [0.15, 0.2) is 18.6 Å². The summed E-state index contributed by atoms with van der Waals surface area (Å²) in [6.07, 6.45) is 5.24. The van der Waals surface area contributed by atoms with Crippen LogP contribution in [0.25, 0.3) is 0 Å². The van der Waals surface area contributed by atoms with Crippen LogP contribution in [0.4, 0.5) is 0 Å². The molecular weight excluding hydrogens is 144 g/mol. The molecule has 1 aromatic rings. The Morgan fingerprint density at radius 1 is 1.55 bits per heavy atom. The van der Waals surface area contributed by atoms with Crippen LogP contribution in [-0.2, 0) is 11.2 Å². The predicted molar refractivity (Wildman–Crippen MR) is 38.0 cm³/mol. The van der Waals surface area contributed by atoms with Crippen molar-refractivity contribution >= 4 is 5.97 Å². The number of aliphatic carboxylic acids is 1. The molecule has 0 aliphatic carbocycles. The standard InChI is InChI=1S/C7H8N2O2/c10-7(11)2-1-6-5-8-3-4-9-6/h3-5H,1-2H2,(H,10,11). The van der Waals surface area contributed by atoms with Crippen molar-refractivity contribution < 1.29 is 9.90 Å². The molecule has 0 saturated carbocycles. The average molecular weight is 152 g/mol. The first-order chi connectivity index (χ1) is 5.29. The van der Waals surface area contributed by atoms with Gasteiger partial charge in [-0.2, -0.15) is 0 Å². The van der Waals surface area contributed by atoms with Crippen LogP contribution >= 0.6 is 0 Å². The first-order valence-corrected chi connectivity index (χ1v) is 3.26. The van der Waals surface area contributed by atoms with Gasteiger partial charge in [0.05, 0.1) is 12.1 Å². The highest BCUT2D eigenvalue weighted by Gasteiger charge is 1.98. The Labute approximate surface area is 63.9 Å². The average Bonchev–Trinajstić information content (AvgIpc) is 2.03. The van der Waals surface area contributed by atoms with Gasteiger partial charge in [-0.15, -0.1) is 0 Å². The zero-order valence-electron chi connectivity index (χ0n) is 5.90. The van der Waals surface area contributed by atoms with E-state index in [1.54, 1.807) is 18.6 Å². The number of nitrogens with zero attached hydrogens (tertiary/aromatic N) is 2. The van der Waals surface area contributed by atoms with Gasteiger partial charge in [-0.05, 0) is 0 Å². The van der Waals surface area contributed by atoms with Crippen molar-refractivity contribution in [2.45, 2.75) is 12.8 Å². The molecule has 0 bridgehead atoms. The maximum atomic E-state index is 10.1. The van der Waals surface area contributed by atoms with Crippen LogP contribution in [0.3, 0.4) is 0 Å². The summed E-state index contributed by atoms with van der Waals surface area (Å²) in [5.41, 5.74) is 0.718. The summed E-state index contributed by atoms with van der Waals surface area (Å²) < 4.78 is 0. The number of rotatable bonds is 3. The molecule has 1 aromatic heterocycles. The maximum absolute atomic E-state index is 10.1. The number of carbonyl (C=O) groups is 1. The van der Waals surface area contributed by atoms with Crippen LogP contribution in [0, 0.1) is 0 Å². The van der Waals surface area contributed by atoms with Crippen LogP contribution in [0.1, 0.15) is 12.1 Å². The number of aryl methyl sites for hydroxylation is 1. The van der Waals surface area contributed by atoms with Crippen molar-refractivity contribution in [3.63, 3.8) is 0 Å². The molecule has 1 heterocycles. The molecule has 0 unspecified atom stereocenters. The summed E-state index contributed by atoms with van der Waals surface area (Å²) >= 11 is 0. The molecule has 0 spiro atoms. The smallest absolute Gasteiger partial charge is 0.303 e. The zero-order valence-corrected chi connectivity index (χ0v) is 5.90. The number of hydrogen-bond acceptors (Lipinski definition) is 3. The van der Waals surface area contributed by atoms with Gasteiger partial charge in [0.1, 0.15) is 0 Å². The lowest BCUT2D eigenvalue weighted by Crippen LogP contribution is -1.99. The second-order valence-corrected chi connectivity index (χ2v) is 2.09. The van der Waals surface area contributed by atoms with E-state index in [1.807, 2.05) is 0 Å². The molecule has 0 aromatic carbocycles. The van der Waals surface area contributed by atoms with Crippen molar-refractivity contribution in [1.82, 2.24) is 9.97 Å². The molecule has 0 radical (unpaired) electrons. The zero-order chi connectivity index (χ0) is 8.10. The Hall–Kier alpha value is -1.45. The fraction of sp³-hybridized carbons (Fsp3) is 0.286. The van der Waals surface area contributed by atoms with Gasteiger partial charge in [0.25, 0.3) is 0 Å². The third-order valence-electron chi connectivity index (χ3n) is 1.21. The minimum absolute atomic E-state index is 0.110. The predicted octanol–water partition coefficient (Wildman–Crippen LogP) is 0.494. The molecule has 0 fully saturated rings. The molecule has 0 saturated heterocycles. The summed E-state index contributed by atoms with van der Waals surface area (Å²) in [6.45, 7) is 0. The van der Waals surface area contributed by atoms with E-state index in [1.165, 1.54) is 0 Å². The number of hydrogen-bond donors (Lipinski definition) is 1. The van der Waals surface area contributed by atoms with Crippen molar-refractivity contribution in [3.8, 4) is 0 Å². The highest BCUT2D eigenvalue weighted by atomic mass is 16.4. The van der Waals surface area contributed by atoms with Gasteiger partial charge in [0.2, 0.25) is 0 Å². The van der Waals surface area contributed by atoms with Crippen molar-refractivity contribution in [3.05, 3.63) is 24.3 Å². The molecule has 1 rings (SSSR count). The van der Waals surface area contributed by atoms with Gasteiger partial charge >= 0.3 is 5.97 Å². The van der Waals surface area contributed by atoms with Gasteiger partial charge < -0.3 is 5.11 Å². The van der Waals surface area contributed by atoms with Crippen LogP contribution in [0.5, 0.6) is 0 Å².